The van der Waals surface area contributed by atoms with Crippen molar-refractivity contribution in [2.75, 3.05) is 81.8 Å². The molecule has 5 heterocycles. The Balaban J connectivity index is 0.760. The summed E-state index contributed by atoms with van der Waals surface area (Å²) in [6, 6.07) is 18.6. The highest BCUT2D eigenvalue weighted by Crippen LogP contribution is 2.39. The van der Waals surface area contributed by atoms with Crippen molar-refractivity contribution in [1.82, 2.24) is 30.0 Å². The molecule has 0 saturated carbocycles. The molecular formula is C46H55ClN9O7P. The molecule has 64 heavy (non-hydrogen) atoms. The number of aromatic nitrogens is 2. The van der Waals surface area contributed by atoms with Crippen LogP contribution in [-0.2, 0) is 25.5 Å². The molecule has 16 nitrogen and oxygen atoms in total. The summed E-state index contributed by atoms with van der Waals surface area (Å²) in [4.78, 5) is 67.8. The van der Waals surface area contributed by atoms with Crippen molar-refractivity contribution in [3.63, 3.8) is 0 Å². The normalized spacial score (nSPS) is 18.5. The second-order valence-corrected chi connectivity index (χ2v) is 20.6. The average Bonchev–Trinajstić information content (AvgIpc) is 3.63. The minimum atomic E-state index is -2.56. The molecule has 4 amide bonds. The van der Waals surface area contributed by atoms with Gasteiger partial charge in [-0.15, -0.1) is 0 Å². The van der Waals surface area contributed by atoms with E-state index in [4.69, 9.17) is 21.1 Å². The van der Waals surface area contributed by atoms with Crippen LogP contribution in [0.4, 0.5) is 28.8 Å². The number of rotatable bonds is 15. The highest BCUT2D eigenvalue weighted by atomic mass is 35.5. The molecule has 3 N–H and O–H groups in total. The Labute approximate surface area is 378 Å². The lowest BCUT2D eigenvalue weighted by Gasteiger charge is -2.43. The number of nitrogens with zero attached hydrogens (tertiary/aromatic N) is 6. The molecule has 0 radical (unpaired) electrons. The van der Waals surface area contributed by atoms with Gasteiger partial charge in [-0.05, 0) is 81.8 Å². The van der Waals surface area contributed by atoms with Gasteiger partial charge in [-0.2, -0.15) is 4.98 Å². The number of imide groups is 1. The van der Waals surface area contributed by atoms with Crippen LogP contribution in [0.15, 0.2) is 66.9 Å². The van der Waals surface area contributed by atoms with E-state index in [1.165, 1.54) is 11.1 Å². The van der Waals surface area contributed by atoms with Gasteiger partial charge >= 0.3 is 0 Å². The fraction of sp³-hybridized carbons (Fsp3) is 0.435. The number of para-hydroxylation sites is 1. The lowest BCUT2D eigenvalue weighted by molar-refractivity contribution is -0.137. The zero-order valence-corrected chi connectivity index (χ0v) is 38.1. The zero-order chi connectivity index (χ0) is 45.0. The number of piperazine rings is 1. The molecule has 1 atom stereocenters. The molecule has 4 aliphatic rings. The Hall–Kier alpha value is -5.70. The maximum atomic E-state index is 13.2. The quantitative estimate of drug-likeness (QED) is 0.0720. The smallest absolute Gasteiger partial charge is 0.255 e. The Morgan fingerprint density at radius 1 is 0.906 bits per heavy atom. The van der Waals surface area contributed by atoms with Gasteiger partial charge in [0.25, 0.3) is 5.91 Å². The molecule has 4 aliphatic heterocycles. The van der Waals surface area contributed by atoms with Crippen molar-refractivity contribution in [1.29, 1.82) is 0 Å². The van der Waals surface area contributed by atoms with Crippen molar-refractivity contribution in [3.05, 3.63) is 83.0 Å². The van der Waals surface area contributed by atoms with E-state index in [1.54, 1.807) is 32.6 Å². The van der Waals surface area contributed by atoms with Gasteiger partial charge in [-0.1, -0.05) is 29.8 Å². The molecule has 0 bridgehead atoms. The highest BCUT2D eigenvalue weighted by molar-refractivity contribution is 7.70. The SMILES string of the molecule is COc1cc(N2CCC(N3CCN(C(=O)CCCCOc4cccc5c4CN(C4CCC(=O)NC4=O)C5=O)CC3)CC2)ccc1Nc1ncc(Cl)c(Nc2ccccc2P(C)(C)=O)n1. The monoisotopic (exact) mass is 911 g/mol. The summed E-state index contributed by atoms with van der Waals surface area (Å²) in [6.45, 7) is 9.08. The maximum Gasteiger partial charge on any atom is 0.255 e. The fourth-order valence-corrected chi connectivity index (χ4v) is 10.3. The molecule has 0 spiro atoms. The first-order valence-corrected chi connectivity index (χ1v) is 24.9. The van der Waals surface area contributed by atoms with Crippen LogP contribution in [0.2, 0.25) is 5.02 Å². The Kier molecular flexibility index (Phi) is 13.7. The van der Waals surface area contributed by atoms with Gasteiger partial charge in [0.1, 0.15) is 29.7 Å². The lowest BCUT2D eigenvalue weighted by atomic mass is 10.0. The summed E-state index contributed by atoms with van der Waals surface area (Å²) < 4.78 is 24.8. The van der Waals surface area contributed by atoms with Crippen LogP contribution in [-0.4, -0.2) is 127 Å². The zero-order valence-electron chi connectivity index (χ0n) is 36.5. The van der Waals surface area contributed by atoms with E-state index in [0.717, 1.165) is 63.4 Å². The highest BCUT2D eigenvalue weighted by Gasteiger charge is 2.40. The average molecular weight is 912 g/mol. The second kappa shape index (κ2) is 19.6. The Morgan fingerprint density at radius 3 is 2.44 bits per heavy atom. The van der Waals surface area contributed by atoms with Gasteiger partial charge in [0.15, 0.2) is 5.82 Å². The van der Waals surface area contributed by atoms with Crippen LogP contribution in [0, 0.1) is 0 Å². The summed E-state index contributed by atoms with van der Waals surface area (Å²) in [6.07, 6.45) is 5.92. The molecule has 4 aromatic rings. The summed E-state index contributed by atoms with van der Waals surface area (Å²) >= 11 is 6.48. The Morgan fingerprint density at radius 2 is 1.69 bits per heavy atom. The number of hydrogen-bond acceptors (Lipinski definition) is 13. The first-order valence-electron chi connectivity index (χ1n) is 21.9. The maximum absolute atomic E-state index is 13.2. The number of carbonyl (C=O) groups is 4. The molecule has 3 aromatic carbocycles. The van der Waals surface area contributed by atoms with Crippen LogP contribution >= 0.6 is 18.7 Å². The number of methoxy groups -OCH3 is 1. The van der Waals surface area contributed by atoms with Gasteiger partial charge in [0, 0.05) is 86.3 Å². The summed E-state index contributed by atoms with van der Waals surface area (Å²) in [5, 5.41) is 9.89. The number of ether oxygens (including phenoxy) is 2. The van der Waals surface area contributed by atoms with Gasteiger partial charge in [-0.25, -0.2) is 4.98 Å². The van der Waals surface area contributed by atoms with Crippen molar-refractivity contribution < 1.29 is 33.2 Å². The number of amides is 4. The number of anilines is 5. The van der Waals surface area contributed by atoms with Gasteiger partial charge in [-0.3, -0.25) is 29.4 Å². The molecule has 1 aromatic heterocycles. The number of hydrogen-bond donors (Lipinski definition) is 3. The van der Waals surface area contributed by atoms with E-state index in [-0.39, 0.29) is 30.7 Å². The number of nitrogens with one attached hydrogen (secondary N) is 3. The molecule has 8 rings (SSSR count). The standard InChI is InChI=1S/C46H55ClN9O7P/c1-62-39-27-31(14-15-35(39)50-46-48-28-34(47)43(52-46)49-36-10-4-5-12-40(36)64(2,3)61)53-20-18-30(19-21-53)54-22-24-55(25-23-54)42(58)13-6-7-26-63-38-11-8-9-32-33(38)29-56(45(32)60)37-16-17-41(57)51-44(37)59/h4-5,8-12,14-15,27-28,30,37H,6-7,13,16-26,29H2,1-3H3,(H,51,57,59)(H2,48,49,50,52). The van der Waals surface area contributed by atoms with Crippen LogP contribution in [0.3, 0.4) is 0 Å². The number of unbranched alkanes of at least 4 members (excludes halogenated alkanes) is 1. The minimum Gasteiger partial charge on any atom is -0.494 e. The van der Waals surface area contributed by atoms with E-state index in [1.807, 2.05) is 47.4 Å². The summed E-state index contributed by atoms with van der Waals surface area (Å²) in [7, 11) is -0.920. The van der Waals surface area contributed by atoms with Crippen LogP contribution in [0.25, 0.3) is 0 Å². The van der Waals surface area contributed by atoms with Crippen molar-refractivity contribution >= 4 is 76.5 Å². The number of fused-ring (bicyclic) bond motifs is 1. The van der Waals surface area contributed by atoms with E-state index < -0.39 is 19.1 Å². The third-order valence-electron chi connectivity index (χ3n) is 12.5. The van der Waals surface area contributed by atoms with Crippen LogP contribution in [0.1, 0.15) is 60.9 Å². The van der Waals surface area contributed by atoms with E-state index >= 15 is 0 Å². The molecule has 0 aliphatic carbocycles. The third-order valence-corrected chi connectivity index (χ3v) is 14.3. The third kappa shape index (κ3) is 10.1. The van der Waals surface area contributed by atoms with E-state index in [2.05, 4.69) is 41.8 Å². The first kappa shape index (κ1) is 44.9. The first-order chi connectivity index (χ1) is 30.9. The molecule has 1 unspecified atom stereocenters. The molecular weight excluding hydrogens is 857 g/mol. The number of piperidine rings is 2. The fourth-order valence-electron chi connectivity index (χ4n) is 9.03. The summed E-state index contributed by atoms with van der Waals surface area (Å²) in [5.74, 6) is 1.17. The summed E-state index contributed by atoms with van der Waals surface area (Å²) in [5.41, 5.74) is 3.72. The van der Waals surface area contributed by atoms with E-state index in [9.17, 15) is 23.7 Å². The van der Waals surface area contributed by atoms with Gasteiger partial charge < -0.3 is 39.4 Å². The van der Waals surface area contributed by atoms with Crippen molar-refractivity contribution in [2.45, 2.75) is 63.6 Å². The predicted octanol–water partition coefficient (Wildman–Crippen LogP) is 6.00. The molecule has 3 fully saturated rings. The molecule has 18 heteroatoms. The minimum absolute atomic E-state index is 0.166. The van der Waals surface area contributed by atoms with Gasteiger partial charge in [0.05, 0.1) is 37.8 Å². The molecule has 3 saturated heterocycles. The number of halogens is 1. The van der Waals surface area contributed by atoms with Crippen molar-refractivity contribution in [2.24, 2.45) is 0 Å². The Bertz CT molecular complexity index is 2450. The topological polar surface area (TPSA) is 179 Å². The number of benzene rings is 3. The second-order valence-electron chi connectivity index (χ2n) is 17.0. The van der Waals surface area contributed by atoms with Crippen LogP contribution < -0.4 is 35.6 Å². The van der Waals surface area contributed by atoms with Crippen LogP contribution in [0.5, 0.6) is 11.5 Å². The number of carbonyl (C=O) groups excluding carboxylic acids is 4. The predicted molar refractivity (Wildman–Crippen MR) is 247 cm³/mol. The lowest BCUT2D eigenvalue weighted by Crippen LogP contribution is -2.54. The largest absolute Gasteiger partial charge is 0.494 e. The van der Waals surface area contributed by atoms with E-state index in [0.29, 0.717) is 88.9 Å². The van der Waals surface area contributed by atoms with Gasteiger partial charge in [0.2, 0.25) is 23.7 Å². The van der Waals surface area contributed by atoms with Crippen molar-refractivity contribution in [3.8, 4) is 11.5 Å². The molecule has 338 valence electrons.